The number of aromatic carboxylic acids is 1. The maximum atomic E-state index is 13.0. The number of carboxylic acids is 1. The van der Waals surface area contributed by atoms with Gasteiger partial charge in [0.2, 0.25) is 0 Å². The number of nitrogens with zero attached hydrogens (tertiary/aromatic N) is 6. The molecule has 1 aliphatic carbocycles. The Morgan fingerprint density at radius 1 is 1.00 bits per heavy atom. The SMILES string of the molecule is Cc1[nH]c(C(=O)C[C@@H]2CCN(c3nc(-c4cnc(N5CCN(CC6CCCCC6)CC5)cn4)c(C(=O)O)s3)C[C@@H]2C)c(Cl)c1Cl. The molecule has 242 valence electrons. The zero-order chi connectivity index (χ0) is 31.7. The van der Waals surface area contributed by atoms with Gasteiger partial charge in [0.05, 0.1) is 22.4 Å². The van der Waals surface area contributed by atoms with Crippen LogP contribution in [0.5, 0.6) is 0 Å². The van der Waals surface area contributed by atoms with Gasteiger partial charge >= 0.3 is 5.97 Å². The van der Waals surface area contributed by atoms with Gasteiger partial charge in [0, 0.05) is 57.9 Å². The van der Waals surface area contributed by atoms with Gasteiger partial charge in [-0.25, -0.2) is 19.7 Å². The first-order valence-electron chi connectivity index (χ1n) is 16.0. The number of aryl methyl sites for hydroxylation is 1. The molecule has 10 nitrogen and oxygen atoms in total. The van der Waals surface area contributed by atoms with Crippen LogP contribution >= 0.6 is 34.5 Å². The molecule has 3 aromatic rings. The molecule has 13 heteroatoms. The Kier molecular flexibility index (Phi) is 9.99. The first-order valence-corrected chi connectivity index (χ1v) is 17.6. The third-order valence-electron chi connectivity index (χ3n) is 9.76. The fraction of sp³-hybridized carbons (Fsp3) is 0.594. The average molecular weight is 675 g/mol. The van der Waals surface area contributed by atoms with Crippen molar-refractivity contribution in [2.45, 2.75) is 58.8 Å². The number of halogens is 2. The lowest BCUT2D eigenvalue weighted by molar-refractivity contribution is 0.0702. The molecular formula is C32H41Cl2N7O3S. The third-order valence-corrected chi connectivity index (χ3v) is 11.8. The van der Waals surface area contributed by atoms with Crippen LogP contribution in [0.15, 0.2) is 12.4 Å². The van der Waals surface area contributed by atoms with Crippen molar-refractivity contribution in [3.05, 3.63) is 38.7 Å². The summed E-state index contributed by atoms with van der Waals surface area (Å²) in [6.45, 7) is 10.3. The molecule has 45 heavy (non-hydrogen) atoms. The maximum Gasteiger partial charge on any atom is 0.348 e. The fourth-order valence-electron chi connectivity index (χ4n) is 7.04. The molecule has 2 aliphatic heterocycles. The first kappa shape index (κ1) is 32.2. The number of hydrogen-bond acceptors (Lipinski definition) is 9. The van der Waals surface area contributed by atoms with Crippen LogP contribution in [0.25, 0.3) is 11.4 Å². The minimum Gasteiger partial charge on any atom is -0.477 e. The molecule has 0 aromatic carbocycles. The number of carbonyl (C=O) groups is 2. The van der Waals surface area contributed by atoms with Crippen LogP contribution in [0, 0.1) is 24.7 Å². The number of piperidine rings is 1. The fourth-order valence-corrected chi connectivity index (χ4v) is 8.42. The lowest BCUT2D eigenvalue weighted by Crippen LogP contribution is -2.48. The molecule has 3 fully saturated rings. The van der Waals surface area contributed by atoms with E-state index in [9.17, 15) is 14.7 Å². The van der Waals surface area contributed by atoms with Crippen LogP contribution in [-0.2, 0) is 0 Å². The number of hydrogen-bond donors (Lipinski definition) is 2. The lowest BCUT2D eigenvalue weighted by Gasteiger charge is -2.37. The second kappa shape index (κ2) is 13.9. The predicted molar refractivity (Wildman–Crippen MR) is 179 cm³/mol. The molecule has 0 unspecified atom stereocenters. The Hall–Kier alpha value is -2.73. The van der Waals surface area contributed by atoms with Crippen LogP contribution < -0.4 is 9.80 Å². The number of H-pyrrole nitrogens is 1. The molecule has 0 radical (unpaired) electrons. The molecule has 1 saturated carbocycles. The van der Waals surface area contributed by atoms with Crippen LogP contribution in [0.2, 0.25) is 10.0 Å². The normalized spacial score (nSPS) is 21.8. The van der Waals surface area contributed by atoms with Crippen molar-refractivity contribution < 1.29 is 14.7 Å². The number of thiazole rings is 1. The summed E-state index contributed by atoms with van der Waals surface area (Å²) >= 11 is 13.6. The van der Waals surface area contributed by atoms with Crippen molar-refractivity contribution in [2.24, 2.45) is 17.8 Å². The largest absolute Gasteiger partial charge is 0.477 e. The van der Waals surface area contributed by atoms with Crippen LogP contribution in [0.4, 0.5) is 10.9 Å². The van der Waals surface area contributed by atoms with E-state index < -0.39 is 5.97 Å². The summed E-state index contributed by atoms with van der Waals surface area (Å²) in [6, 6.07) is 0. The second-order valence-corrected chi connectivity index (χ2v) is 14.6. The van der Waals surface area contributed by atoms with Crippen LogP contribution in [0.1, 0.15) is 77.7 Å². The first-order chi connectivity index (χ1) is 21.7. The van der Waals surface area contributed by atoms with Crippen molar-refractivity contribution in [1.82, 2.24) is 24.8 Å². The number of carbonyl (C=O) groups excluding carboxylic acids is 1. The summed E-state index contributed by atoms with van der Waals surface area (Å²) in [5.74, 6) is 0.932. The highest BCUT2D eigenvalue weighted by atomic mass is 35.5. The van der Waals surface area contributed by atoms with E-state index in [0.29, 0.717) is 52.4 Å². The number of aromatic amines is 1. The van der Waals surface area contributed by atoms with Gasteiger partial charge in [-0.2, -0.15) is 0 Å². The molecule has 0 amide bonds. The molecule has 3 aromatic heterocycles. The van der Waals surface area contributed by atoms with Gasteiger partial charge in [0.25, 0.3) is 0 Å². The van der Waals surface area contributed by atoms with Gasteiger partial charge in [-0.15, -0.1) is 0 Å². The number of nitrogens with one attached hydrogen (secondary N) is 1. The van der Waals surface area contributed by atoms with Crippen molar-refractivity contribution in [1.29, 1.82) is 0 Å². The zero-order valence-corrected chi connectivity index (χ0v) is 28.2. The molecule has 6 rings (SSSR count). The highest BCUT2D eigenvalue weighted by Gasteiger charge is 2.32. The summed E-state index contributed by atoms with van der Waals surface area (Å²) in [5, 5.41) is 11.3. The highest BCUT2D eigenvalue weighted by molar-refractivity contribution is 7.17. The Morgan fingerprint density at radius 2 is 1.76 bits per heavy atom. The zero-order valence-electron chi connectivity index (χ0n) is 25.9. The Bertz CT molecular complexity index is 1510. The van der Waals surface area contributed by atoms with E-state index >= 15 is 0 Å². The Labute approximate surface area is 278 Å². The van der Waals surface area contributed by atoms with E-state index in [4.69, 9.17) is 28.2 Å². The third kappa shape index (κ3) is 7.16. The number of rotatable bonds is 9. The molecule has 2 saturated heterocycles. The number of carboxylic acid groups (broad SMARTS) is 1. The van der Waals surface area contributed by atoms with Gasteiger partial charge in [0.1, 0.15) is 27.8 Å². The number of ketones is 1. The second-order valence-electron chi connectivity index (χ2n) is 12.9. The predicted octanol–water partition coefficient (Wildman–Crippen LogP) is 6.68. The van der Waals surface area contributed by atoms with Gasteiger partial charge in [0.15, 0.2) is 10.9 Å². The minimum absolute atomic E-state index is 0.0478. The van der Waals surface area contributed by atoms with Crippen molar-refractivity contribution >= 4 is 57.2 Å². The van der Waals surface area contributed by atoms with Crippen LogP contribution in [0.3, 0.4) is 0 Å². The minimum atomic E-state index is -1.03. The van der Waals surface area contributed by atoms with Crippen LogP contribution in [-0.4, -0.2) is 87.5 Å². The lowest BCUT2D eigenvalue weighted by atomic mass is 9.83. The van der Waals surface area contributed by atoms with Crippen molar-refractivity contribution in [3.8, 4) is 11.4 Å². The van der Waals surface area contributed by atoms with Crippen molar-refractivity contribution in [2.75, 3.05) is 55.6 Å². The Morgan fingerprint density at radius 3 is 2.38 bits per heavy atom. The highest BCUT2D eigenvalue weighted by Crippen LogP contribution is 2.38. The molecule has 2 atom stereocenters. The standard InChI is InChI=1S/C32H41Cl2N7O3S/c1-19-17-41(9-8-22(19)14-24(42)29-27(34)26(33)20(2)37-29)32-38-28(30(45-32)31(43)44)23-15-36-25(16-35-23)40-12-10-39(11-13-40)18-21-6-4-3-5-7-21/h15-16,19,21-22,37H,3-14,17-18H2,1-2H3,(H,43,44)/t19-,22-/m0/s1. The number of anilines is 2. The Balaban J connectivity index is 1.08. The topological polar surface area (TPSA) is 119 Å². The summed E-state index contributed by atoms with van der Waals surface area (Å²) < 4.78 is 0. The van der Waals surface area contributed by atoms with Gasteiger partial charge in [-0.05, 0) is 43.9 Å². The van der Waals surface area contributed by atoms with Gasteiger partial charge in [-0.3, -0.25) is 9.69 Å². The van der Waals surface area contributed by atoms with Crippen molar-refractivity contribution in [3.63, 3.8) is 0 Å². The van der Waals surface area contributed by atoms with E-state index in [2.05, 4.69) is 36.6 Å². The molecule has 0 spiro atoms. The number of Topliss-reactive ketones (excluding diaryl/α,β-unsaturated/α-hetero) is 1. The molecule has 3 aliphatic rings. The smallest absolute Gasteiger partial charge is 0.348 e. The molecular weight excluding hydrogens is 633 g/mol. The molecule has 5 heterocycles. The van der Waals surface area contributed by atoms with Gasteiger partial charge in [-0.1, -0.05) is 60.7 Å². The summed E-state index contributed by atoms with van der Waals surface area (Å²) in [7, 11) is 0. The van der Waals surface area contributed by atoms with E-state index in [1.807, 2.05) is 0 Å². The number of aromatic nitrogens is 4. The monoisotopic (exact) mass is 673 g/mol. The van der Waals surface area contributed by atoms with E-state index in [0.717, 1.165) is 55.7 Å². The summed E-state index contributed by atoms with van der Waals surface area (Å²) in [4.78, 5) is 49.4. The molecule has 2 N–H and O–H groups in total. The van der Waals surface area contributed by atoms with Gasteiger partial charge < -0.3 is 19.9 Å². The van der Waals surface area contributed by atoms with E-state index in [-0.39, 0.29) is 27.5 Å². The summed E-state index contributed by atoms with van der Waals surface area (Å²) in [5.41, 5.74) is 1.86. The van der Waals surface area contributed by atoms with E-state index in [1.54, 1.807) is 19.3 Å². The van der Waals surface area contributed by atoms with E-state index in [1.165, 1.54) is 38.6 Å². The average Bonchev–Trinajstić information content (AvgIpc) is 3.61. The molecule has 0 bridgehead atoms. The maximum absolute atomic E-state index is 13.0. The number of piperazine rings is 1. The summed E-state index contributed by atoms with van der Waals surface area (Å²) in [6.07, 6.45) is 11.4. The quantitative estimate of drug-likeness (QED) is 0.240.